The van der Waals surface area contributed by atoms with E-state index in [1.165, 1.54) is 0 Å². The normalized spacial score (nSPS) is 10.2. The number of anilines is 2. The molecular formula is C16H18N2OS2. The number of hydrogen-bond acceptors (Lipinski definition) is 4. The Balaban J connectivity index is 2.52. The van der Waals surface area contributed by atoms with Crippen molar-refractivity contribution in [2.45, 2.75) is 4.90 Å². The Bertz CT molecular complexity index is 658. The van der Waals surface area contributed by atoms with Crippen LogP contribution in [0, 0.1) is 0 Å². The van der Waals surface area contributed by atoms with Crippen molar-refractivity contribution in [2.75, 3.05) is 25.3 Å². The molecule has 0 atom stereocenters. The van der Waals surface area contributed by atoms with Gasteiger partial charge in [0.1, 0.15) is 10.7 Å². The number of ether oxygens (including phenoxy) is 1. The van der Waals surface area contributed by atoms with Crippen LogP contribution < -0.4 is 15.4 Å². The third kappa shape index (κ3) is 3.31. The minimum atomic E-state index is 0.407. The van der Waals surface area contributed by atoms with Gasteiger partial charge in [0.15, 0.2) is 0 Å². The van der Waals surface area contributed by atoms with E-state index in [0.717, 1.165) is 27.6 Å². The van der Waals surface area contributed by atoms with Crippen LogP contribution in [-0.2, 0) is 0 Å². The molecule has 0 aromatic heterocycles. The van der Waals surface area contributed by atoms with Gasteiger partial charge in [-0.1, -0.05) is 24.4 Å². The maximum Gasteiger partial charge on any atom is 0.120 e. The lowest BCUT2D eigenvalue weighted by molar-refractivity contribution is 0.415. The van der Waals surface area contributed by atoms with Gasteiger partial charge in [-0.15, -0.1) is 11.8 Å². The van der Waals surface area contributed by atoms with E-state index in [1.54, 1.807) is 18.9 Å². The molecule has 0 fully saturated rings. The van der Waals surface area contributed by atoms with Crippen molar-refractivity contribution in [1.82, 2.24) is 0 Å². The van der Waals surface area contributed by atoms with Crippen molar-refractivity contribution in [1.29, 1.82) is 0 Å². The van der Waals surface area contributed by atoms with Crippen LogP contribution in [0.5, 0.6) is 5.75 Å². The molecule has 0 heterocycles. The molecule has 0 unspecified atom stereocenters. The van der Waals surface area contributed by atoms with Crippen LogP contribution in [-0.4, -0.2) is 25.4 Å². The zero-order valence-electron chi connectivity index (χ0n) is 12.3. The van der Waals surface area contributed by atoms with Gasteiger partial charge in [-0.2, -0.15) is 0 Å². The largest absolute Gasteiger partial charge is 0.497 e. The zero-order chi connectivity index (χ0) is 15.4. The van der Waals surface area contributed by atoms with E-state index >= 15 is 0 Å². The molecular weight excluding hydrogens is 300 g/mol. The second-order valence-corrected chi connectivity index (χ2v) is 5.77. The van der Waals surface area contributed by atoms with Gasteiger partial charge in [-0.05, 0) is 30.5 Å². The number of hydrogen-bond donors (Lipinski definition) is 1. The van der Waals surface area contributed by atoms with E-state index in [-0.39, 0.29) is 0 Å². The van der Waals surface area contributed by atoms with Gasteiger partial charge in [-0.3, -0.25) is 0 Å². The third-order valence-corrected chi connectivity index (χ3v) is 4.26. The van der Waals surface area contributed by atoms with Gasteiger partial charge in [0.2, 0.25) is 0 Å². The van der Waals surface area contributed by atoms with E-state index in [1.807, 2.05) is 55.8 Å². The molecule has 0 saturated heterocycles. The lowest BCUT2D eigenvalue weighted by Gasteiger charge is -2.24. The number of nitrogens with zero attached hydrogens (tertiary/aromatic N) is 1. The first-order valence-corrected chi connectivity index (χ1v) is 8.06. The lowest BCUT2D eigenvalue weighted by Crippen LogP contribution is -2.18. The Labute approximate surface area is 135 Å². The fraction of sp³-hybridized carbons (Fsp3) is 0.188. The molecule has 110 valence electrons. The number of methoxy groups -OCH3 is 1. The first-order chi connectivity index (χ1) is 10.1. The van der Waals surface area contributed by atoms with Crippen LogP contribution in [0.15, 0.2) is 47.4 Å². The number of nitrogens with two attached hydrogens (primary N) is 1. The minimum Gasteiger partial charge on any atom is -0.497 e. The minimum absolute atomic E-state index is 0.407. The highest BCUT2D eigenvalue weighted by molar-refractivity contribution is 7.98. The fourth-order valence-corrected chi connectivity index (χ4v) is 3.09. The molecule has 0 aliphatic rings. The summed E-state index contributed by atoms with van der Waals surface area (Å²) >= 11 is 6.87. The Morgan fingerprint density at radius 3 is 2.57 bits per heavy atom. The summed E-state index contributed by atoms with van der Waals surface area (Å²) in [4.78, 5) is 3.55. The Morgan fingerprint density at radius 1 is 1.24 bits per heavy atom. The van der Waals surface area contributed by atoms with Crippen molar-refractivity contribution in [3.8, 4) is 5.75 Å². The molecule has 2 aromatic rings. The van der Waals surface area contributed by atoms with Crippen LogP contribution in [0.1, 0.15) is 5.56 Å². The van der Waals surface area contributed by atoms with Crippen molar-refractivity contribution >= 4 is 40.3 Å². The highest BCUT2D eigenvalue weighted by Gasteiger charge is 2.15. The molecule has 0 saturated carbocycles. The molecule has 2 aromatic carbocycles. The first-order valence-electron chi connectivity index (χ1n) is 6.43. The van der Waals surface area contributed by atoms with E-state index < -0.39 is 0 Å². The van der Waals surface area contributed by atoms with Gasteiger partial charge in [0.05, 0.1) is 12.8 Å². The van der Waals surface area contributed by atoms with E-state index in [9.17, 15) is 0 Å². The summed E-state index contributed by atoms with van der Waals surface area (Å²) in [5.41, 5.74) is 8.84. The summed E-state index contributed by atoms with van der Waals surface area (Å²) in [5.74, 6) is 0.817. The SMILES string of the molecule is COc1cccc(N(C)c2cccc(SC)c2C(N)=S)c1. The number of rotatable bonds is 5. The van der Waals surface area contributed by atoms with E-state index in [0.29, 0.717) is 4.99 Å². The molecule has 0 bridgehead atoms. The van der Waals surface area contributed by atoms with Crippen molar-refractivity contribution < 1.29 is 4.74 Å². The quantitative estimate of drug-likeness (QED) is 0.670. The predicted octanol–water partition coefficient (Wildman–Crippen LogP) is 3.82. The average Bonchev–Trinajstić information content (AvgIpc) is 2.53. The van der Waals surface area contributed by atoms with Gasteiger partial charge < -0.3 is 15.4 Å². The van der Waals surface area contributed by atoms with Crippen molar-refractivity contribution in [3.05, 3.63) is 48.0 Å². The van der Waals surface area contributed by atoms with Gasteiger partial charge >= 0.3 is 0 Å². The predicted molar refractivity (Wildman–Crippen MR) is 95.2 cm³/mol. The maximum absolute atomic E-state index is 5.93. The summed E-state index contributed by atoms with van der Waals surface area (Å²) in [6.07, 6.45) is 2.02. The maximum atomic E-state index is 5.93. The molecule has 0 aliphatic carbocycles. The molecule has 2 rings (SSSR count). The molecule has 21 heavy (non-hydrogen) atoms. The van der Waals surface area contributed by atoms with Crippen LogP contribution in [0.4, 0.5) is 11.4 Å². The Kier molecular flexibility index (Phi) is 5.09. The smallest absolute Gasteiger partial charge is 0.120 e. The number of thiocarbonyl (C=S) groups is 1. The second kappa shape index (κ2) is 6.83. The summed E-state index contributed by atoms with van der Waals surface area (Å²) < 4.78 is 5.28. The highest BCUT2D eigenvalue weighted by atomic mass is 32.2. The Morgan fingerprint density at radius 2 is 1.95 bits per heavy atom. The lowest BCUT2D eigenvalue weighted by atomic mass is 10.1. The molecule has 0 radical (unpaired) electrons. The fourth-order valence-electron chi connectivity index (χ4n) is 2.18. The summed E-state index contributed by atoms with van der Waals surface area (Å²) in [6.45, 7) is 0. The van der Waals surface area contributed by atoms with Gasteiger partial charge in [-0.25, -0.2) is 0 Å². The van der Waals surface area contributed by atoms with Crippen molar-refractivity contribution in [3.63, 3.8) is 0 Å². The highest BCUT2D eigenvalue weighted by Crippen LogP contribution is 2.33. The molecule has 0 spiro atoms. The number of benzene rings is 2. The number of thioether (sulfide) groups is 1. The Hall–Kier alpha value is -1.72. The van der Waals surface area contributed by atoms with Crippen LogP contribution in [0.2, 0.25) is 0 Å². The second-order valence-electron chi connectivity index (χ2n) is 4.48. The van der Waals surface area contributed by atoms with Gasteiger partial charge in [0.25, 0.3) is 0 Å². The van der Waals surface area contributed by atoms with Crippen LogP contribution >= 0.6 is 24.0 Å². The topological polar surface area (TPSA) is 38.5 Å². The van der Waals surface area contributed by atoms with E-state index in [2.05, 4.69) is 4.90 Å². The van der Waals surface area contributed by atoms with Crippen LogP contribution in [0.3, 0.4) is 0 Å². The first kappa shape index (κ1) is 15.7. The summed E-state index contributed by atoms with van der Waals surface area (Å²) in [7, 11) is 3.66. The van der Waals surface area contributed by atoms with Crippen LogP contribution in [0.25, 0.3) is 0 Å². The summed E-state index contributed by atoms with van der Waals surface area (Å²) in [6, 6.07) is 14.0. The average molecular weight is 318 g/mol. The molecule has 2 N–H and O–H groups in total. The van der Waals surface area contributed by atoms with Gasteiger partial charge in [0, 0.05) is 29.3 Å². The molecule has 3 nitrogen and oxygen atoms in total. The monoisotopic (exact) mass is 318 g/mol. The van der Waals surface area contributed by atoms with Crippen molar-refractivity contribution in [2.24, 2.45) is 5.73 Å². The standard InChI is InChI=1S/C16H18N2OS2/c1-18(11-6-4-7-12(10-11)19-2)13-8-5-9-14(21-3)15(13)16(17)20/h4-10H,1-3H3,(H2,17,20). The zero-order valence-corrected chi connectivity index (χ0v) is 13.9. The molecule has 5 heteroatoms. The molecule has 0 aliphatic heterocycles. The third-order valence-electron chi connectivity index (χ3n) is 3.27. The van der Waals surface area contributed by atoms with E-state index in [4.69, 9.17) is 22.7 Å². The summed E-state index contributed by atoms with van der Waals surface area (Å²) in [5, 5.41) is 0. The molecule has 0 amide bonds.